The van der Waals surface area contributed by atoms with Gasteiger partial charge in [-0.05, 0) is 48.6 Å². The maximum Gasteiger partial charge on any atom is 0.392 e. The predicted octanol–water partition coefficient (Wildman–Crippen LogP) is 6.19. The van der Waals surface area contributed by atoms with E-state index in [1.165, 1.54) is 18.3 Å². The van der Waals surface area contributed by atoms with Crippen LogP contribution in [0.5, 0.6) is 11.6 Å². The van der Waals surface area contributed by atoms with Crippen LogP contribution in [-0.4, -0.2) is 22.1 Å². The molecule has 5 nitrogen and oxygen atoms in total. The summed E-state index contributed by atoms with van der Waals surface area (Å²) in [5.41, 5.74) is 2.26. The molecule has 4 rings (SSSR count). The Morgan fingerprint density at radius 1 is 1.30 bits per heavy atom. The van der Waals surface area contributed by atoms with E-state index in [1.54, 1.807) is 30.5 Å². The van der Waals surface area contributed by atoms with Crippen LogP contribution in [0.15, 0.2) is 42.6 Å². The first-order valence-electron chi connectivity index (χ1n) is 9.37. The molecule has 30 heavy (non-hydrogen) atoms. The maximum atomic E-state index is 12.9. The number of ether oxygens (including phenoxy) is 1. The van der Waals surface area contributed by atoms with Crippen LogP contribution in [0.2, 0.25) is 0 Å². The molecular weight excluding hydrogens is 415 g/mol. The van der Waals surface area contributed by atoms with Crippen molar-refractivity contribution < 1.29 is 22.7 Å². The van der Waals surface area contributed by atoms with Gasteiger partial charge in [-0.15, -0.1) is 0 Å². The first kappa shape index (κ1) is 20.3. The van der Waals surface area contributed by atoms with Crippen molar-refractivity contribution in [2.75, 3.05) is 5.32 Å². The Morgan fingerprint density at radius 2 is 2.13 bits per heavy atom. The quantitative estimate of drug-likeness (QED) is 0.533. The lowest BCUT2D eigenvalue weighted by atomic mass is 9.86. The van der Waals surface area contributed by atoms with Gasteiger partial charge in [0.1, 0.15) is 5.52 Å². The number of alkyl halides is 3. The van der Waals surface area contributed by atoms with Crippen molar-refractivity contribution in [3.63, 3.8) is 0 Å². The number of nitrogens with one attached hydrogen (secondary N) is 1. The lowest BCUT2D eigenvalue weighted by molar-refractivity contribution is -0.175. The van der Waals surface area contributed by atoms with E-state index < -0.39 is 12.1 Å². The van der Waals surface area contributed by atoms with Crippen LogP contribution in [0.4, 0.5) is 18.3 Å². The topological polar surface area (TPSA) is 64.1 Å². The molecule has 1 aromatic carbocycles. The van der Waals surface area contributed by atoms with Crippen molar-refractivity contribution in [2.45, 2.75) is 32.4 Å². The van der Waals surface area contributed by atoms with E-state index >= 15 is 0 Å². The number of rotatable bonds is 4. The maximum absolute atomic E-state index is 12.9. The van der Waals surface area contributed by atoms with E-state index in [0.29, 0.717) is 28.7 Å². The Hall–Kier alpha value is -2.94. The minimum absolute atomic E-state index is 0.0125. The lowest BCUT2D eigenvalue weighted by Gasteiger charge is -2.24. The number of aromatic nitrogens is 2. The molecule has 2 aromatic heterocycles. The number of allylic oxidation sites excluding steroid dienone is 2. The summed E-state index contributed by atoms with van der Waals surface area (Å²) in [6, 6.07) is 8.93. The molecule has 1 amide bonds. The van der Waals surface area contributed by atoms with Gasteiger partial charge in [0.15, 0.2) is 10.9 Å². The first-order valence-corrected chi connectivity index (χ1v) is 10.2. The first-order chi connectivity index (χ1) is 14.3. The number of pyridine rings is 1. The number of anilines is 1. The summed E-state index contributed by atoms with van der Waals surface area (Å²) in [6.45, 7) is 1.41. The van der Waals surface area contributed by atoms with Gasteiger partial charge in [-0.3, -0.25) is 4.79 Å². The van der Waals surface area contributed by atoms with Crippen LogP contribution < -0.4 is 10.1 Å². The number of hydrogen-bond acceptors (Lipinski definition) is 5. The van der Waals surface area contributed by atoms with Crippen LogP contribution in [0.3, 0.4) is 0 Å². The third-order valence-electron chi connectivity index (χ3n) is 4.86. The molecule has 1 atom stereocenters. The fourth-order valence-electron chi connectivity index (χ4n) is 3.38. The molecule has 1 aliphatic carbocycles. The molecule has 0 saturated heterocycles. The smallest absolute Gasteiger partial charge is 0.392 e. The van der Waals surface area contributed by atoms with Gasteiger partial charge in [0.25, 0.3) is 0 Å². The number of halogens is 3. The zero-order chi connectivity index (χ0) is 21.3. The van der Waals surface area contributed by atoms with Crippen molar-refractivity contribution in [2.24, 2.45) is 5.92 Å². The number of carbonyl (C=O) groups excluding carboxylic acids is 1. The molecule has 3 aromatic rings. The Labute approximate surface area is 174 Å². The van der Waals surface area contributed by atoms with Gasteiger partial charge in [-0.1, -0.05) is 23.5 Å². The molecule has 1 N–H and O–H groups in total. The van der Waals surface area contributed by atoms with Crippen molar-refractivity contribution in [3.05, 3.63) is 48.2 Å². The molecule has 0 aliphatic heterocycles. The Bertz CT molecular complexity index is 1120. The molecule has 1 unspecified atom stereocenters. The van der Waals surface area contributed by atoms with E-state index in [1.807, 2.05) is 12.1 Å². The molecule has 2 heterocycles. The largest absolute Gasteiger partial charge is 0.437 e. The van der Waals surface area contributed by atoms with Crippen molar-refractivity contribution in [1.29, 1.82) is 0 Å². The predicted molar refractivity (Wildman–Crippen MR) is 110 cm³/mol. The van der Waals surface area contributed by atoms with Gasteiger partial charge in [0.05, 0.1) is 10.6 Å². The highest BCUT2D eigenvalue weighted by atomic mass is 32.1. The van der Waals surface area contributed by atoms with Crippen molar-refractivity contribution in [3.8, 4) is 11.6 Å². The Morgan fingerprint density at radius 3 is 2.83 bits per heavy atom. The zero-order valence-corrected chi connectivity index (χ0v) is 16.8. The summed E-state index contributed by atoms with van der Waals surface area (Å²) in [5, 5.41) is 3.14. The Kier molecular flexibility index (Phi) is 5.46. The van der Waals surface area contributed by atoms with Crippen LogP contribution in [-0.2, 0) is 4.79 Å². The van der Waals surface area contributed by atoms with Gasteiger partial charge in [-0.25, -0.2) is 9.97 Å². The normalized spacial score (nSPS) is 16.9. The number of carbonyl (C=O) groups is 1. The monoisotopic (exact) mass is 433 g/mol. The zero-order valence-electron chi connectivity index (χ0n) is 16.0. The van der Waals surface area contributed by atoms with Gasteiger partial charge in [0, 0.05) is 19.2 Å². The highest BCUT2D eigenvalue weighted by Crippen LogP contribution is 2.40. The molecule has 1 aliphatic rings. The molecule has 0 fully saturated rings. The second-order valence-electron chi connectivity index (χ2n) is 7.03. The van der Waals surface area contributed by atoms with Crippen molar-refractivity contribution >= 4 is 38.2 Å². The van der Waals surface area contributed by atoms with E-state index in [0.717, 1.165) is 15.8 Å². The van der Waals surface area contributed by atoms with E-state index in [2.05, 4.69) is 15.3 Å². The highest BCUT2D eigenvalue weighted by molar-refractivity contribution is 7.22. The average Bonchev–Trinajstić information content (AvgIpc) is 3.10. The summed E-state index contributed by atoms with van der Waals surface area (Å²) in [7, 11) is 0. The second-order valence-corrected chi connectivity index (χ2v) is 8.06. The van der Waals surface area contributed by atoms with Gasteiger partial charge in [-0.2, -0.15) is 13.2 Å². The van der Waals surface area contributed by atoms with Crippen LogP contribution in [0.25, 0.3) is 15.8 Å². The summed E-state index contributed by atoms with van der Waals surface area (Å²) >= 11 is 1.33. The lowest BCUT2D eigenvalue weighted by Crippen LogP contribution is -2.24. The van der Waals surface area contributed by atoms with Gasteiger partial charge < -0.3 is 10.1 Å². The fraction of sp³-hybridized carbons (Fsp3) is 0.286. The number of amides is 1. The number of thiazole rings is 1. The SMILES string of the molecule is CC(=O)Nc1nc2c(Oc3cc(C4=CCC(C(F)(F)F)CC4)ccn3)cccc2s1. The minimum atomic E-state index is -4.16. The van der Waals surface area contributed by atoms with Crippen LogP contribution in [0.1, 0.15) is 31.7 Å². The third kappa shape index (κ3) is 4.46. The standard InChI is InChI=1S/C21H18F3N3O2S/c1-12(28)26-20-27-19-16(3-2-4-17(19)30-20)29-18-11-14(9-10-25-18)13-5-7-15(8-6-13)21(22,23)24/h2-5,9-11,15H,6-8H2,1H3,(H,26,27,28). The van der Waals surface area contributed by atoms with Crippen LogP contribution >= 0.6 is 11.3 Å². The minimum Gasteiger partial charge on any atom is -0.437 e. The van der Waals surface area contributed by atoms with Crippen molar-refractivity contribution in [1.82, 2.24) is 9.97 Å². The van der Waals surface area contributed by atoms with Gasteiger partial charge >= 0.3 is 6.18 Å². The highest BCUT2D eigenvalue weighted by Gasteiger charge is 2.39. The average molecular weight is 433 g/mol. The second kappa shape index (κ2) is 8.06. The Balaban J connectivity index is 1.56. The summed E-state index contributed by atoms with van der Waals surface area (Å²) < 4.78 is 45.4. The number of nitrogens with zero attached hydrogens (tertiary/aromatic N) is 2. The molecular formula is C21H18F3N3O2S. The number of para-hydroxylation sites is 1. The molecule has 0 bridgehead atoms. The fourth-order valence-corrected chi connectivity index (χ4v) is 4.31. The van der Waals surface area contributed by atoms with E-state index in [4.69, 9.17) is 4.74 Å². The summed E-state index contributed by atoms with van der Waals surface area (Å²) in [6.07, 6.45) is -0.502. The van der Waals surface area contributed by atoms with E-state index in [-0.39, 0.29) is 18.7 Å². The molecule has 0 spiro atoms. The number of hydrogen-bond donors (Lipinski definition) is 1. The molecule has 156 valence electrons. The van der Waals surface area contributed by atoms with E-state index in [9.17, 15) is 18.0 Å². The third-order valence-corrected chi connectivity index (χ3v) is 5.79. The molecule has 9 heteroatoms. The van der Waals surface area contributed by atoms with Crippen LogP contribution in [0, 0.1) is 5.92 Å². The molecule has 0 radical (unpaired) electrons. The number of benzene rings is 1. The summed E-state index contributed by atoms with van der Waals surface area (Å²) in [4.78, 5) is 19.9. The number of fused-ring (bicyclic) bond motifs is 1. The summed E-state index contributed by atoms with van der Waals surface area (Å²) in [5.74, 6) is -0.675. The van der Waals surface area contributed by atoms with Gasteiger partial charge in [0.2, 0.25) is 11.8 Å². The molecule has 0 saturated carbocycles.